The number of rotatable bonds is 16. The van der Waals surface area contributed by atoms with Gasteiger partial charge in [-0.05, 0) is 72.3 Å². The highest BCUT2D eigenvalue weighted by Gasteiger charge is 2.58. The maximum absolute atomic E-state index is 8.66. The van der Waals surface area contributed by atoms with E-state index in [0.717, 1.165) is 56.1 Å². The van der Waals surface area contributed by atoms with E-state index in [4.69, 9.17) is 24.2 Å². The van der Waals surface area contributed by atoms with E-state index in [2.05, 4.69) is 170 Å². The summed E-state index contributed by atoms with van der Waals surface area (Å²) in [6.07, 6.45) is 5.01. The van der Waals surface area contributed by atoms with Crippen LogP contribution in [0.5, 0.6) is 11.5 Å². The Morgan fingerprint density at radius 2 is 0.729 bits per heavy atom. The summed E-state index contributed by atoms with van der Waals surface area (Å²) >= 11 is 0. The van der Waals surface area contributed by atoms with Crippen LogP contribution in [0.4, 0.5) is 0 Å². The first-order valence-corrected chi connectivity index (χ1v) is 20.1. The molecule has 6 aromatic carbocycles. The molecule has 8 rings (SSSR count). The summed E-state index contributed by atoms with van der Waals surface area (Å²) in [6.45, 7) is -0.586. The molecule has 0 N–H and O–H groups in total. The van der Waals surface area contributed by atoms with Crippen LogP contribution in [-0.2, 0) is 28.4 Å². The number of ether oxygens (including phenoxy) is 3. The van der Waals surface area contributed by atoms with E-state index in [1.165, 1.54) is 0 Å². The van der Waals surface area contributed by atoms with Gasteiger partial charge >= 0.3 is 0 Å². The van der Waals surface area contributed by atoms with Gasteiger partial charge in [0.15, 0.2) is 0 Å². The van der Waals surface area contributed by atoms with Gasteiger partial charge in [0.25, 0.3) is 0 Å². The third kappa shape index (κ3) is 8.20. The van der Waals surface area contributed by atoms with Crippen LogP contribution in [0.1, 0.15) is 33.6 Å². The normalized spacial score (nSPS) is 13.1. The second kappa shape index (κ2) is 18.3. The zero-order chi connectivity index (χ0) is 40.3. The molecule has 0 fully saturated rings. The maximum Gasteiger partial charge on any atom is 0.231 e. The average molecular weight is 769 g/mol. The Balaban J connectivity index is 1.50. The van der Waals surface area contributed by atoms with Crippen molar-refractivity contribution in [3.8, 4) is 11.5 Å². The van der Waals surface area contributed by atoms with E-state index < -0.39 is 11.0 Å². The monoisotopic (exact) mass is 768 g/mol. The maximum atomic E-state index is 8.66. The number of methoxy groups -OCH3 is 2. The quantitative estimate of drug-likeness (QED) is 0.0919. The SMILES string of the molecule is COc1ccc(CB(c2ccccc2)C(OC(B(Cc2ccc(OC)cc2)c2ccccc2)(c2ccccc2)c2ccccn2)(c2ccccc2)c2ccccn2)cc1. The molecule has 5 nitrogen and oxygen atoms in total. The molecule has 59 heavy (non-hydrogen) atoms. The fraction of sp³-hybridized carbons (Fsp3) is 0.115. The van der Waals surface area contributed by atoms with E-state index in [0.29, 0.717) is 12.6 Å². The van der Waals surface area contributed by atoms with Crippen LogP contribution in [0.2, 0.25) is 0 Å². The first-order valence-electron chi connectivity index (χ1n) is 20.1. The standard InChI is InChI=1S/C52H46B2N2O3/c1-57-47-33-29-41(30-34-47)39-53(45-23-11-5-12-24-45)51(43-19-7-3-8-20-43,49-27-15-17-37-55-49)59-52(44-21-9-4-10-22-44,50-28-16-18-38-56-50)54(46-25-13-6-14-26-46)40-42-31-35-48(58-2)36-32-42/h3-38H,39-40H2,1-2H3. The Labute approximate surface area is 348 Å². The molecule has 288 valence electrons. The van der Waals surface area contributed by atoms with Crippen molar-refractivity contribution in [1.29, 1.82) is 0 Å². The molecule has 0 aliphatic carbocycles. The first kappa shape index (κ1) is 39.1. The summed E-state index contributed by atoms with van der Waals surface area (Å²) in [5, 5.41) is 0. The van der Waals surface area contributed by atoms with Gasteiger partial charge in [-0.15, -0.1) is 0 Å². The molecule has 2 heterocycles. The van der Waals surface area contributed by atoms with E-state index in [1.54, 1.807) is 14.2 Å². The van der Waals surface area contributed by atoms with Gasteiger partial charge < -0.3 is 14.2 Å². The van der Waals surface area contributed by atoms with Crippen LogP contribution in [-0.4, -0.2) is 37.6 Å². The van der Waals surface area contributed by atoms with E-state index in [9.17, 15) is 0 Å². The molecular formula is C52H46B2N2O3. The molecule has 0 aliphatic heterocycles. The zero-order valence-corrected chi connectivity index (χ0v) is 33.5. The minimum Gasteiger partial charge on any atom is -0.497 e. The molecule has 0 saturated carbocycles. The second-order valence-electron chi connectivity index (χ2n) is 14.8. The highest BCUT2D eigenvalue weighted by atomic mass is 16.5. The first-order chi connectivity index (χ1) is 29.1. The summed E-state index contributed by atoms with van der Waals surface area (Å²) in [4.78, 5) is 10.5. The minimum absolute atomic E-state index is 0.293. The number of hydrogen-bond donors (Lipinski definition) is 0. The van der Waals surface area contributed by atoms with Gasteiger partial charge in [-0.25, -0.2) is 0 Å². The second-order valence-corrected chi connectivity index (χ2v) is 14.8. The summed E-state index contributed by atoms with van der Waals surface area (Å²) < 4.78 is 19.9. The van der Waals surface area contributed by atoms with Crippen LogP contribution in [0.15, 0.2) is 219 Å². The number of pyridine rings is 2. The van der Waals surface area contributed by atoms with Crippen molar-refractivity contribution in [2.75, 3.05) is 14.2 Å². The molecule has 2 atom stereocenters. The minimum atomic E-state index is -1.20. The van der Waals surface area contributed by atoms with Crippen LogP contribution in [0.3, 0.4) is 0 Å². The van der Waals surface area contributed by atoms with Gasteiger partial charge in [-0.3, -0.25) is 9.97 Å². The fourth-order valence-electron chi connectivity index (χ4n) is 8.57. The summed E-state index contributed by atoms with van der Waals surface area (Å²) in [5.74, 6) is 1.62. The van der Waals surface area contributed by atoms with Crippen LogP contribution >= 0.6 is 0 Å². The highest BCUT2D eigenvalue weighted by molar-refractivity contribution is 6.77. The molecule has 8 aromatic rings. The van der Waals surface area contributed by atoms with E-state index in [1.807, 2.05) is 48.8 Å². The lowest BCUT2D eigenvalue weighted by Gasteiger charge is -2.50. The third-order valence-electron chi connectivity index (χ3n) is 11.4. The zero-order valence-electron chi connectivity index (χ0n) is 33.5. The topological polar surface area (TPSA) is 53.5 Å². The Bertz CT molecular complexity index is 2220. The molecule has 0 bridgehead atoms. The molecule has 0 amide bonds. The predicted octanol–water partition coefficient (Wildman–Crippen LogP) is 9.14. The Morgan fingerprint density at radius 3 is 1.05 bits per heavy atom. The molecular weight excluding hydrogens is 722 g/mol. The Hall–Kier alpha value is -6.69. The summed E-state index contributed by atoms with van der Waals surface area (Å²) in [6, 6.07) is 71.8. The molecule has 0 aliphatic rings. The molecule has 0 saturated heterocycles. The highest BCUT2D eigenvalue weighted by Crippen LogP contribution is 2.47. The molecule has 0 spiro atoms. The van der Waals surface area contributed by atoms with Gasteiger partial charge in [0.2, 0.25) is 13.4 Å². The molecule has 2 aromatic heterocycles. The largest absolute Gasteiger partial charge is 0.497 e. The average Bonchev–Trinajstić information content (AvgIpc) is 3.33. The summed E-state index contributed by atoms with van der Waals surface area (Å²) in [5.41, 5.74) is 5.65. The van der Waals surface area contributed by atoms with E-state index >= 15 is 0 Å². The fourth-order valence-corrected chi connectivity index (χ4v) is 8.57. The van der Waals surface area contributed by atoms with Crippen molar-refractivity contribution in [1.82, 2.24) is 9.97 Å². The number of benzene rings is 6. The smallest absolute Gasteiger partial charge is 0.231 e. The molecule has 0 radical (unpaired) electrons. The van der Waals surface area contributed by atoms with Crippen molar-refractivity contribution in [3.63, 3.8) is 0 Å². The predicted molar refractivity (Wildman–Crippen MR) is 241 cm³/mol. The molecule has 2 unspecified atom stereocenters. The van der Waals surface area contributed by atoms with E-state index in [-0.39, 0.29) is 13.4 Å². The van der Waals surface area contributed by atoms with Gasteiger partial charge in [0.1, 0.15) is 22.5 Å². The number of nitrogens with zero attached hydrogens (tertiary/aromatic N) is 2. The lowest BCUT2D eigenvalue weighted by atomic mass is 9.27. The lowest BCUT2D eigenvalue weighted by molar-refractivity contribution is -0.0429. The van der Waals surface area contributed by atoms with Crippen molar-refractivity contribution in [2.45, 2.75) is 23.6 Å². The third-order valence-corrected chi connectivity index (χ3v) is 11.4. The summed E-state index contributed by atoms with van der Waals surface area (Å²) in [7, 11) is 3.40. The van der Waals surface area contributed by atoms with Crippen LogP contribution in [0, 0.1) is 0 Å². The van der Waals surface area contributed by atoms with Gasteiger partial charge in [-0.1, -0.05) is 180 Å². The van der Waals surface area contributed by atoms with Crippen molar-refractivity contribution < 1.29 is 14.2 Å². The van der Waals surface area contributed by atoms with Crippen molar-refractivity contribution >= 4 is 24.4 Å². The van der Waals surface area contributed by atoms with Crippen LogP contribution in [0.25, 0.3) is 0 Å². The van der Waals surface area contributed by atoms with Crippen molar-refractivity contribution in [3.05, 3.63) is 252 Å². The number of aromatic nitrogens is 2. The lowest BCUT2D eigenvalue weighted by Crippen LogP contribution is -2.64. The van der Waals surface area contributed by atoms with Crippen LogP contribution < -0.4 is 20.4 Å². The van der Waals surface area contributed by atoms with Gasteiger partial charge in [-0.2, -0.15) is 0 Å². The molecule has 7 heteroatoms. The van der Waals surface area contributed by atoms with Gasteiger partial charge in [0, 0.05) is 12.4 Å². The van der Waals surface area contributed by atoms with Gasteiger partial charge in [0.05, 0.1) is 25.6 Å². The number of hydrogen-bond acceptors (Lipinski definition) is 5. The Morgan fingerprint density at radius 1 is 0.390 bits per heavy atom. The Kier molecular flexibility index (Phi) is 12.1. The van der Waals surface area contributed by atoms with Crippen molar-refractivity contribution in [2.24, 2.45) is 0 Å².